The van der Waals surface area contributed by atoms with Gasteiger partial charge in [0.15, 0.2) is 0 Å². The first kappa shape index (κ1) is 13.6. The SMILES string of the molecule is COC(=O)[C@@H]1CN(C(=O)[C@@H]2C[C@H]3C=C[C@H]2C3)c2ccccc21. The molecule has 1 amide bonds. The van der Waals surface area contributed by atoms with E-state index in [-0.39, 0.29) is 23.7 Å². The van der Waals surface area contributed by atoms with Crippen LogP contribution in [0.15, 0.2) is 36.4 Å². The number of hydrogen-bond acceptors (Lipinski definition) is 3. The molecule has 4 rings (SSSR count). The van der Waals surface area contributed by atoms with Gasteiger partial charge in [-0.1, -0.05) is 30.4 Å². The van der Waals surface area contributed by atoms with Crippen LogP contribution < -0.4 is 4.90 Å². The van der Waals surface area contributed by atoms with Crippen LogP contribution in [0.4, 0.5) is 5.69 Å². The van der Waals surface area contributed by atoms with E-state index in [0.717, 1.165) is 24.1 Å². The van der Waals surface area contributed by atoms with Crippen molar-refractivity contribution in [3.05, 3.63) is 42.0 Å². The van der Waals surface area contributed by atoms with E-state index in [0.29, 0.717) is 18.4 Å². The molecule has 1 aliphatic heterocycles. The summed E-state index contributed by atoms with van der Waals surface area (Å²) in [7, 11) is 1.40. The first-order valence-corrected chi connectivity index (χ1v) is 7.85. The molecule has 1 saturated carbocycles. The number of esters is 1. The van der Waals surface area contributed by atoms with E-state index in [2.05, 4.69) is 12.2 Å². The van der Waals surface area contributed by atoms with Gasteiger partial charge < -0.3 is 9.64 Å². The number of carbonyl (C=O) groups is 2. The summed E-state index contributed by atoms with van der Waals surface area (Å²) in [6, 6.07) is 7.67. The van der Waals surface area contributed by atoms with E-state index in [1.54, 1.807) is 4.90 Å². The minimum absolute atomic E-state index is 0.0689. The number of para-hydroxylation sites is 1. The number of nitrogens with zero attached hydrogens (tertiary/aromatic N) is 1. The highest BCUT2D eigenvalue weighted by Crippen LogP contribution is 2.46. The Hall–Kier alpha value is -2.10. The summed E-state index contributed by atoms with van der Waals surface area (Å²) < 4.78 is 4.91. The van der Waals surface area contributed by atoms with Crippen molar-refractivity contribution in [2.24, 2.45) is 17.8 Å². The molecular weight excluding hydrogens is 278 g/mol. The Kier molecular flexibility index (Phi) is 3.06. The van der Waals surface area contributed by atoms with Crippen molar-refractivity contribution >= 4 is 17.6 Å². The summed E-state index contributed by atoms with van der Waals surface area (Å²) in [5, 5.41) is 0. The number of allylic oxidation sites excluding steroid dienone is 2. The van der Waals surface area contributed by atoms with E-state index in [1.807, 2.05) is 24.3 Å². The van der Waals surface area contributed by atoms with Gasteiger partial charge in [0.25, 0.3) is 0 Å². The van der Waals surface area contributed by atoms with Gasteiger partial charge in [-0.05, 0) is 36.3 Å². The summed E-state index contributed by atoms with van der Waals surface area (Å²) in [6.07, 6.45) is 6.48. The van der Waals surface area contributed by atoms with E-state index in [4.69, 9.17) is 4.74 Å². The van der Waals surface area contributed by atoms with Crippen molar-refractivity contribution in [1.82, 2.24) is 0 Å². The van der Waals surface area contributed by atoms with Crippen LogP contribution in [0.5, 0.6) is 0 Å². The number of benzene rings is 1. The lowest BCUT2D eigenvalue weighted by Crippen LogP contribution is -2.37. The van der Waals surface area contributed by atoms with Gasteiger partial charge in [-0.3, -0.25) is 9.59 Å². The van der Waals surface area contributed by atoms with E-state index < -0.39 is 0 Å². The number of anilines is 1. The van der Waals surface area contributed by atoms with Gasteiger partial charge in [0, 0.05) is 18.2 Å². The molecule has 1 heterocycles. The van der Waals surface area contributed by atoms with Crippen LogP contribution in [0, 0.1) is 17.8 Å². The van der Waals surface area contributed by atoms with Gasteiger partial charge >= 0.3 is 5.97 Å². The molecule has 4 atom stereocenters. The average molecular weight is 297 g/mol. The molecule has 2 bridgehead atoms. The number of amides is 1. The quantitative estimate of drug-likeness (QED) is 0.622. The lowest BCUT2D eigenvalue weighted by Gasteiger charge is -2.25. The zero-order valence-electron chi connectivity index (χ0n) is 12.6. The zero-order chi connectivity index (χ0) is 15.3. The van der Waals surface area contributed by atoms with E-state index in [9.17, 15) is 9.59 Å². The number of rotatable bonds is 2. The van der Waals surface area contributed by atoms with Gasteiger partial charge in [-0.2, -0.15) is 0 Å². The Morgan fingerprint density at radius 2 is 2.00 bits per heavy atom. The molecule has 1 aromatic rings. The molecule has 0 aromatic heterocycles. The molecular formula is C18H19NO3. The Balaban J connectivity index is 1.64. The lowest BCUT2D eigenvalue weighted by atomic mass is 9.92. The van der Waals surface area contributed by atoms with Crippen molar-refractivity contribution in [2.75, 3.05) is 18.6 Å². The van der Waals surface area contributed by atoms with Crippen LogP contribution in [-0.4, -0.2) is 25.5 Å². The molecule has 0 N–H and O–H groups in total. The molecule has 114 valence electrons. The van der Waals surface area contributed by atoms with Gasteiger partial charge in [0.2, 0.25) is 5.91 Å². The third-order valence-corrected chi connectivity index (χ3v) is 5.32. The van der Waals surface area contributed by atoms with Crippen molar-refractivity contribution in [1.29, 1.82) is 0 Å². The van der Waals surface area contributed by atoms with Gasteiger partial charge in [-0.25, -0.2) is 0 Å². The van der Waals surface area contributed by atoms with E-state index >= 15 is 0 Å². The number of hydrogen-bond donors (Lipinski definition) is 0. The summed E-state index contributed by atoms with van der Waals surface area (Å²) in [5.74, 6) is 0.542. The molecule has 0 saturated heterocycles. The molecule has 3 aliphatic rings. The third-order valence-electron chi connectivity index (χ3n) is 5.32. The highest BCUT2D eigenvalue weighted by molar-refractivity contribution is 6.00. The highest BCUT2D eigenvalue weighted by atomic mass is 16.5. The summed E-state index contributed by atoms with van der Waals surface area (Å²) in [4.78, 5) is 26.8. The minimum Gasteiger partial charge on any atom is -0.468 e. The second kappa shape index (κ2) is 4.97. The molecule has 1 fully saturated rings. The maximum atomic E-state index is 13.0. The molecule has 4 heteroatoms. The topological polar surface area (TPSA) is 46.6 Å². The largest absolute Gasteiger partial charge is 0.468 e. The third kappa shape index (κ3) is 1.90. The highest BCUT2D eigenvalue weighted by Gasteiger charge is 2.45. The second-order valence-corrected chi connectivity index (χ2v) is 6.47. The molecule has 1 aromatic carbocycles. The Bertz CT molecular complexity index is 666. The maximum absolute atomic E-state index is 13.0. The summed E-state index contributed by atoms with van der Waals surface area (Å²) >= 11 is 0. The lowest BCUT2D eigenvalue weighted by molar-refractivity contribution is -0.142. The van der Waals surface area contributed by atoms with Crippen LogP contribution >= 0.6 is 0 Å². The number of carbonyl (C=O) groups excluding carboxylic acids is 2. The van der Waals surface area contributed by atoms with Crippen LogP contribution in [0.1, 0.15) is 24.3 Å². The van der Waals surface area contributed by atoms with Crippen molar-refractivity contribution in [3.63, 3.8) is 0 Å². The molecule has 22 heavy (non-hydrogen) atoms. The molecule has 4 nitrogen and oxygen atoms in total. The summed E-state index contributed by atoms with van der Waals surface area (Å²) in [6.45, 7) is 0.405. The average Bonchev–Trinajstić information content (AvgIpc) is 3.26. The molecule has 0 unspecified atom stereocenters. The standard InChI is InChI=1S/C18H19NO3/c1-22-18(21)15-10-19(16-5-3-2-4-13(15)16)17(20)14-9-11-6-7-12(14)8-11/h2-7,11-12,14-15H,8-10H2,1H3/t11-,12-,14+,15+/m0/s1. The minimum atomic E-state index is -0.362. The van der Waals surface area contributed by atoms with Crippen LogP contribution in [0.3, 0.4) is 0 Å². The smallest absolute Gasteiger partial charge is 0.315 e. The number of ether oxygens (including phenoxy) is 1. The van der Waals surface area contributed by atoms with Crippen LogP contribution in [0.25, 0.3) is 0 Å². The Morgan fingerprint density at radius 1 is 1.18 bits per heavy atom. The predicted molar refractivity (Wildman–Crippen MR) is 82.4 cm³/mol. The first-order chi connectivity index (χ1) is 10.7. The fourth-order valence-corrected chi connectivity index (χ4v) is 4.22. The van der Waals surface area contributed by atoms with Crippen molar-refractivity contribution in [2.45, 2.75) is 18.8 Å². The second-order valence-electron chi connectivity index (χ2n) is 6.47. The predicted octanol–water partition coefficient (Wildman–Crippen LogP) is 2.50. The van der Waals surface area contributed by atoms with Crippen molar-refractivity contribution < 1.29 is 14.3 Å². The first-order valence-electron chi connectivity index (χ1n) is 7.85. The molecule has 2 aliphatic carbocycles. The fraction of sp³-hybridized carbons (Fsp3) is 0.444. The Morgan fingerprint density at radius 3 is 2.68 bits per heavy atom. The van der Waals surface area contributed by atoms with E-state index in [1.165, 1.54) is 7.11 Å². The molecule has 0 spiro atoms. The van der Waals surface area contributed by atoms with Crippen LogP contribution in [0.2, 0.25) is 0 Å². The Labute approximate surface area is 129 Å². The van der Waals surface area contributed by atoms with Crippen molar-refractivity contribution in [3.8, 4) is 0 Å². The van der Waals surface area contributed by atoms with Crippen LogP contribution in [-0.2, 0) is 14.3 Å². The zero-order valence-corrected chi connectivity index (χ0v) is 12.6. The maximum Gasteiger partial charge on any atom is 0.315 e. The normalized spacial score (nSPS) is 31.4. The molecule has 0 radical (unpaired) electrons. The van der Waals surface area contributed by atoms with Gasteiger partial charge in [0.05, 0.1) is 7.11 Å². The number of methoxy groups -OCH3 is 1. The fourth-order valence-electron chi connectivity index (χ4n) is 4.22. The monoisotopic (exact) mass is 297 g/mol. The summed E-state index contributed by atoms with van der Waals surface area (Å²) in [5.41, 5.74) is 1.77. The number of fused-ring (bicyclic) bond motifs is 3. The van der Waals surface area contributed by atoms with Gasteiger partial charge in [0.1, 0.15) is 5.92 Å². The van der Waals surface area contributed by atoms with Gasteiger partial charge in [-0.15, -0.1) is 0 Å².